The summed E-state index contributed by atoms with van der Waals surface area (Å²) >= 11 is 0. The minimum atomic E-state index is -5.67. The third-order valence-corrected chi connectivity index (χ3v) is 2.63. The number of hydrogen-bond donors (Lipinski definition) is 2. The van der Waals surface area contributed by atoms with E-state index in [1.165, 1.54) is 0 Å². The molecule has 0 saturated heterocycles. The number of anilines is 1. The first-order valence-electron chi connectivity index (χ1n) is 5.66. The number of ether oxygens (including phenoxy) is 1. The van der Waals surface area contributed by atoms with Crippen LogP contribution >= 0.6 is 0 Å². The quantitative estimate of drug-likeness (QED) is 0.495. The van der Waals surface area contributed by atoms with Crippen molar-refractivity contribution in [1.29, 1.82) is 0 Å². The molecular weight excluding hydrogens is 287 g/mol. The van der Waals surface area contributed by atoms with E-state index in [1.807, 2.05) is 0 Å². The van der Waals surface area contributed by atoms with Crippen molar-refractivity contribution in [2.75, 3.05) is 12.0 Å². The molecular formula is C10H11F5N4O. The van der Waals surface area contributed by atoms with Gasteiger partial charge >= 0.3 is 12.1 Å². The maximum absolute atomic E-state index is 12.7. The SMILES string of the molecule is NNc1cc(OCC(F)(F)C(F)(F)F)nc(C2CC2)n1. The van der Waals surface area contributed by atoms with Crippen LogP contribution in [0.3, 0.4) is 0 Å². The number of nitrogens with zero attached hydrogens (tertiary/aromatic N) is 2. The summed E-state index contributed by atoms with van der Waals surface area (Å²) in [5.74, 6) is 0.273. The molecule has 1 aromatic rings. The number of nitrogens with two attached hydrogens (primary N) is 1. The molecule has 112 valence electrons. The number of aromatic nitrogens is 2. The van der Waals surface area contributed by atoms with Gasteiger partial charge < -0.3 is 10.2 Å². The lowest BCUT2D eigenvalue weighted by Gasteiger charge is -2.19. The summed E-state index contributed by atoms with van der Waals surface area (Å²) in [5, 5.41) is 0. The molecule has 1 aliphatic carbocycles. The van der Waals surface area contributed by atoms with Gasteiger partial charge in [0.15, 0.2) is 6.61 Å². The van der Waals surface area contributed by atoms with Gasteiger partial charge in [-0.15, -0.1) is 0 Å². The van der Waals surface area contributed by atoms with E-state index < -0.39 is 18.7 Å². The number of nitrogen functional groups attached to an aromatic ring is 1. The Bertz CT molecular complexity index is 489. The monoisotopic (exact) mass is 298 g/mol. The minimum Gasteiger partial charge on any atom is -0.471 e. The highest BCUT2D eigenvalue weighted by Gasteiger charge is 2.58. The van der Waals surface area contributed by atoms with Gasteiger partial charge in [0.1, 0.15) is 11.6 Å². The minimum absolute atomic E-state index is 0.0637. The number of alkyl halides is 5. The zero-order valence-electron chi connectivity index (χ0n) is 10.0. The average molecular weight is 298 g/mol. The number of nitrogens with one attached hydrogen (secondary N) is 1. The van der Waals surface area contributed by atoms with Gasteiger partial charge in [0, 0.05) is 12.0 Å². The topological polar surface area (TPSA) is 73.1 Å². The van der Waals surface area contributed by atoms with Crippen molar-refractivity contribution in [2.24, 2.45) is 5.84 Å². The molecule has 0 aliphatic heterocycles. The smallest absolute Gasteiger partial charge is 0.456 e. The first-order chi connectivity index (χ1) is 9.23. The van der Waals surface area contributed by atoms with Crippen LogP contribution in [0.4, 0.5) is 27.8 Å². The Morgan fingerprint density at radius 1 is 1.25 bits per heavy atom. The third kappa shape index (κ3) is 3.24. The molecule has 0 radical (unpaired) electrons. The molecule has 20 heavy (non-hydrogen) atoms. The van der Waals surface area contributed by atoms with E-state index in [2.05, 4.69) is 20.1 Å². The second kappa shape index (κ2) is 5.00. The molecule has 2 rings (SSSR count). The zero-order chi connectivity index (χ0) is 15.0. The van der Waals surface area contributed by atoms with Crippen molar-refractivity contribution in [3.63, 3.8) is 0 Å². The van der Waals surface area contributed by atoms with Crippen LogP contribution in [0.15, 0.2) is 6.07 Å². The number of hydrazine groups is 1. The van der Waals surface area contributed by atoms with E-state index in [9.17, 15) is 22.0 Å². The van der Waals surface area contributed by atoms with Crippen molar-refractivity contribution in [3.8, 4) is 5.88 Å². The lowest BCUT2D eigenvalue weighted by molar-refractivity contribution is -0.290. The van der Waals surface area contributed by atoms with E-state index in [-0.39, 0.29) is 17.6 Å². The number of halogens is 5. The molecule has 10 heteroatoms. The Balaban J connectivity index is 2.11. The van der Waals surface area contributed by atoms with Crippen LogP contribution in [0.25, 0.3) is 0 Å². The summed E-state index contributed by atoms with van der Waals surface area (Å²) < 4.78 is 65.9. The van der Waals surface area contributed by atoms with Crippen LogP contribution in [0.1, 0.15) is 24.6 Å². The van der Waals surface area contributed by atoms with Crippen molar-refractivity contribution < 1.29 is 26.7 Å². The van der Waals surface area contributed by atoms with Crippen molar-refractivity contribution in [3.05, 3.63) is 11.9 Å². The standard InChI is InChI=1S/C10H11F5N4O/c11-9(12,10(13,14)15)4-20-7-3-6(19-16)17-8(18-7)5-1-2-5/h3,5H,1-2,4,16H2,(H,17,18,19). The Hall–Kier alpha value is -1.71. The average Bonchev–Trinajstić information content (AvgIpc) is 3.19. The maximum atomic E-state index is 12.7. The molecule has 1 fully saturated rings. The highest BCUT2D eigenvalue weighted by molar-refractivity contribution is 5.38. The predicted molar refractivity (Wildman–Crippen MR) is 58.3 cm³/mol. The van der Waals surface area contributed by atoms with Crippen LogP contribution in [0.2, 0.25) is 0 Å². The summed E-state index contributed by atoms with van der Waals surface area (Å²) in [6, 6.07) is 1.05. The third-order valence-electron chi connectivity index (χ3n) is 2.63. The van der Waals surface area contributed by atoms with Crippen molar-refractivity contribution in [2.45, 2.75) is 30.9 Å². The van der Waals surface area contributed by atoms with Crippen LogP contribution in [-0.2, 0) is 0 Å². The molecule has 5 nitrogen and oxygen atoms in total. The second-order valence-corrected chi connectivity index (χ2v) is 4.36. The summed E-state index contributed by atoms with van der Waals surface area (Å²) in [5.41, 5.74) is 2.18. The van der Waals surface area contributed by atoms with Gasteiger partial charge in [-0.25, -0.2) is 10.8 Å². The summed E-state index contributed by atoms with van der Waals surface area (Å²) in [6.45, 7) is -1.85. The molecule has 3 N–H and O–H groups in total. The lowest BCUT2D eigenvalue weighted by Crippen LogP contribution is -2.41. The van der Waals surface area contributed by atoms with Gasteiger partial charge in [-0.3, -0.25) is 0 Å². The van der Waals surface area contributed by atoms with Gasteiger partial charge in [0.25, 0.3) is 0 Å². The van der Waals surface area contributed by atoms with E-state index in [1.54, 1.807) is 0 Å². The fraction of sp³-hybridized carbons (Fsp3) is 0.600. The van der Waals surface area contributed by atoms with E-state index in [0.717, 1.165) is 18.9 Å². The van der Waals surface area contributed by atoms with Gasteiger partial charge in [-0.2, -0.15) is 26.9 Å². The predicted octanol–water partition coefficient (Wildman–Crippen LogP) is 2.22. The Labute approximate surface area is 110 Å². The zero-order valence-corrected chi connectivity index (χ0v) is 10.0. The Kier molecular flexibility index (Phi) is 3.67. The van der Waals surface area contributed by atoms with Crippen LogP contribution in [-0.4, -0.2) is 28.7 Å². The first-order valence-corrected chi connectivity index (χ1v) is 5.66. The van der Waals surface area contributed by atoms with E-state index in [0.29, 0.717) is 5.82 Å². The molecule has 0 amide bonds. The second-order valence-electron chi connectivity index (χ2n) is 4.36. The fourth-order valence-electron chi connectivity index (χ4n) is 1.36. The van der Waals surface area contributed by atoms with Crippen LogP contribution < -0.4 is 16.0 Å². The summed E-state index contributed by atoms with van der Waals surface area (Å²) in [7, 11) is 0. The van der Waals surface area contributed by atoms with Crippen molar-refractivity contribution in [1.82, 2.24) is 9.97 Å². The normalized spacial score (nSPS) is 16.1. The van der Waals surface area contributed by atoms with Crippen LogP contribution in [0, 0.1) is 0 Å². The van der Waals surface area contributed by atoms with Gasteiger partial charge in [-0.1, -0.05) is 0 Å². The van der Waals surface area contributed by atoms with Gasteiger partial charge in [-0.05, 0) is 12.8 Å². The van der Waals surface area contributed by atoms with Gasteiger partial charge in [0.2, 0.25) is 5.88 Å². The molecule has 0 atom stereocenters. The highest BCUT2D eigenvalue weighted by atomic mass is 19.4. The molecule has 1 aromatic heterocycles. The fourth-order valence-corrected chi connectivity index (χ4v) is 1.36. The summed E-state index contributed by atoms with van der Waals surface area (Å²) in [4.78, 5) is 7.77. The Morgan fingerprint density at radius 2 is 1.90 bits per heavy atom. The molecule has 0 aromatic carbocycles. The van der Waals surface area contributed by atoms with Crippen molar-refractivity contribution >= 4 is 5.82 Å². The molecule has 0 unspecified atom stereocenters. The van der Waals surface area contributed by atoms with Gasteiger partial charge in [0.05, 0.1) is 0 Å². The van der Waals surface area contributed by atoms with E-state index >= 15 is 0 Å². The molecule has 0 bridgehead atoms. The molecule has 1 aliphatic rings. The maximum Gasteiger partial charge on any atom is 0.456 e. The number of rotatable bonds is 5. The summed E-state index contributed by atoms with van der Waals surface area (Å²) in [6.07, 6.45) is -4.02. The number of hydrogen-bond acceptors (Lipinski definition) is 5. The van der Waals surface area contributed by atoms with Crippen LogP contribution in [0.5, 0.6) is 5.88 Å². The largest absolute Gasteiger partial charge is 0.471 e. The Morgan fingerprint density at radius 3 is 2.40 bits per heavy atom. The lowest BCUT2D eigenvalue weighted by atomic mass is 10.3. The first kappa shape index (κ1) is 14.7. The highest BCUT2D eigenvalue weighted by Crippen LogP contribution is 2.39. The van der Waals surface area contributed by atoms with E-state index in [4.69, 9.17) is 5.84 Å². The molecule has 1 heterocycles. The molecule has 0 spiro atoms. The molecule has 1 saturated carbocycles.